The molecule has 0 bridgehead atoms. The molecule has 0 saturated heterocycles. The Hall–Kier alpha value is -2.45. The molecule has 1 saturated carbocycles. The summed E-state index contributed by atoms with van der Waals surface area (Å²) in [6.45, 7) is 3.89. The molecule has 0 aromatic heterocycles. The molecule has 1 N–H and O–H groups in total. The highest BCUT2D eigenvalue weighted by molar-refractivity contribution is 7.89. The minimum atomic E-state index is -3.87. The Kier molecular flexibility index (Phi) is 8.26. The van der Waals surface area contributed by atoms with Gasteiger partial charge in [0.2, 0.25) is 15.9 Å². The van der Waals surface area contributed by atoms with Crippen molar-refractivity contribution in [1.82, 2.24) is 9.62 Å². The summed E-state index contributed by atoms with van der Waals surface area (Å²) in [5.74, 6) is -0.138. The summed E-state index contributed by atoms with van der Waals surface area (Å²) in [6.07, 6.45) is 4.41. The molecular weight excluding hydrogens is 431 g/mol. The summed E-state index contributed by atoms with van der Waals surface area (Å²) < 4.78 is 46.9. The van der Waals surface area contributed by atoms with E-state index in [9.17, 15) is 17.6 Å². The van der Waals surface area contributed by atoms with E-state index < -0.39 is 10.0 Å². The molecule has 6 nitrogen and oxygen atoms in total. The smallest absolute Gasteiger partial charge is 0.243 e. The lowest BCUT2D eigenvalue weighted by molar-refractivity contribution is -0.122. The Labute approximate surface area is 189 Å². The zero-order chi connectivity index (χ0) is 23.1. The highest BCUT2D eigenvalue weighted by Crippen LogP contribution is 2.28. The van der Waals surface area contributed by atoms with Gasteiger partial charge in [0, 0.05) is 6.04 Å². The van der Waals surface area contributed by atoms with Crippen molar-refractivity contribution < 1.29 is 22.3 Å². The van der Waals surface area contributed by atoms with Gasteiger partial charge in [-0.05, 0) is 68.7 Å². The largest absolute Gasteiger partial charge is 0.494 e. The van der Waals surface area contributed by atoms with Crippen LogP contribution in [0.1, 0.15) is 57.6 Å². The van der Waals surface area contributed by atoms with Crippen molar-refractivity contribution in [2.75, 3.05) is 13.2 Å². The first-order valence-corrected chi connectivity index (χ1v) is 12.5. The van der Waals surface area contributed by atoms with Crippen molar-refractivity contribution in [2.45, 2.75) is 62.9 Å². The monoisotopic (exact) mass is 462 g/mol. The number of halogens is 1. The summed E-state index contributed by atoms with van der Waals surface area (Å²) >= 11 is 0. The van der Waals surface area contributed by atoms with Crippen LogP contribution in [0.4, 0.5) is 4.39 Å². The summed E-state index contributed by atoms with van der Waals surface area (Å²) in [5, 5.41) is 2.85. The summed E-state index contributed by atoms with van der Waals surface area (Å²) in [7, 11) is -3.87. The number of benzene rings is 2. The molecule has 32 heavy (non-hydrogen) atoms. The topological polar surface area (TPSA) is 75.7 Å². The second-order valence-corrected chi connectivity index (χ2v) is 9.98. The number of rotatable bonds is 9. The molecule has 0 spiro atoms. The van der Waals surface area contributed by atoms with Crippen LogP contribution in [0.5, 0.6) is 5.75 Å². The molecule has 1 amide bonds. The molecule has 1 aliphatic carbocycles. The number of nitrogens with zero attached hydrogens (tertiary/aromatic N) is 1. The molecule has 3 rings (SSSR count). The highest BCUT2D eigenvalue weighted by Gasteiger charge is 2.34. The predicted octanol–water partition coefficient (Wildman–Crippen LogP) is 4.43. The van der Waals surface area contributed by atoms with Gasteiger partial charge in [-0.15, -0.1) is 0 Å². The van der Waals surface area contributed by atoms with Crippen molar-refractivity contribution in [3.8, 4) is 5.75 Å². The fraction of sp³-hybridized carbons (Fsp3) is 0.458. The van der Waals surface area contributed by atoms with Crippen molar-refractivity contribution in [3.05, 3.63) is 59.9 Å². The molecule has 1 aliphatic rings. The molecule has 0 radical (unpaired) electrons. The lowest BCUT2D eigenvalue weighted by Crippen LogP contribution is -2.47. The number of carbonyl (C=O) groups excluding carboxylic acids is 1. The van der Waals surface area contributed by atoms with Gasteiger partial charge < -0.3 is 10.1 Å². The Balaban J connectivity index is 1.78. The third kappa shape index (κ3) is 6.07. The standard InChI is InChI=1S/C24H31FN2O4S/c1-3-31-22-13-15-23(16-14-22)32(29,30)27(21-7-5-4-6-8-21)17-24(28)26-18(2)19-9-11-20(25)12-10-19/h9-16,18,21H,3-8,17H2,1-2H3,(H,26,28)/t18-/m1/s1. The van der Waals surface area contributed by atoms with E-state index in [1.54, 1.807) is 31.2 Å². The SMILES string of the molecule is CCOc1ccc(S(=O)(=O)N(CC(=O)N[C@H](C)c2ccc(F)cc2)C2CCCCC2)cc1. The minimum absolute atomic E-state index is 0.144. The van der Waals surface area contributed by atoms with Crippen LogP contribution >= 0.6 is 0 Å². The molecule has 1 atom stereocenters. The van der Waals surface area contributed by atoms with Crippen molar-refractivity contribution in [1.29, 1.82) is 0 Å². The normalized spacial score (nSPS) is 16.0. The van der Waals surface area contributed by atoms with Crippen molar-refractivity contribution in [3.63, 3.8) is 0 Å². The Bertz CT molecular complexity index is 988. The maximum Gasteiger partial charge on any atom is 0.243 e. The van der Waals surface area contributed by atoms with E-state index in [1.807, 2.05) is 6.92 Å². The van der Waals surface area contributed by atoms with Gasteiger partial charge in [0.05, 0.1) is 24.1 Å². The molecule has 0 aliphatic heterocycles. The van der Waals surface area contributed by atoms with Gasteiger partial charge in [0.1, 0.15) is 11.6 Å². The quantitative estimate of drug-likeness (QED) is 0.598. The van der Waals surface area contributed by atoms with Gasteiger partial charge >= 0.3 is 0 Å². The summed E-state index contributed by atoms with van der Waals surface area (Å²) in [6, 6.07) is 11.6. The van der Waals surface area contributed by atoms with Crippen LogP contribution < -0.4 is 10.1 Å². The fourth-order valence-corrected chi connectivity index (χ4v) is 5.69. The first-order valence-electron chi connectivity index (χ1n) is 11.1. The predicted molar refractivity (Wildman–Crippen MR) is 121 cm³/mol. The van der Waals surface area contributed by atoms with Crippen LogP contribution in [-0.2, 0) is 14.8 Å². The number of nitrogens with one attached hydrogen (secondary N) is 1. The second kappa shape index (κ2) is 10.9. The average Bonchev–Trinajstić information content (AvgIpc) is 2.79. The van der Waals surface area contributed by atoms with Crippen LogP contribution in [0.3, 0.4) is 0 Å². The van der Waals surface area contributed by atoms with Gasteiger partial charge in [-0.2, -0.15) is 4.31 Å². The van der Waals surface area contributed by atoms with Gasteiger partial charge in [0.15, 0.2) is 0 Å². The van der Waals surface area contributed by atoms with Gasteiger partial charge in [-0.1, -0.05) is 31.4 Å². The Morgan fingerprint density at radius 1 is 1.09 bits per heavy atom. The van der Waals surface area contributed by atoms with E-state index in [-0.39, 0.29) is 35.2 Å². The zero-order valence-corrected chi connectivity index (χ0v) is 19.4. The highest BCUT2D eigenvalue weighted by atomic mass is 32.2. The van der Waals surface area contributed by atoms with E-state index in [0.717, 1.165) is 37.7 Å². The molecule has 2 aromatic rings. The van der Waals surface area contributed by atoms with E-state index in [2.05, 4.69) is 5.32 Å². The van der Waals surface area contributed by atoms with Crippen LogP contribution in [0.15, 0.2) is 53.4 Å². The zero-order valence-electron chi connectivity index (χ0n) is 18.6. The minimum Gasteiger partial charge on any atom is -0.494 e. The first-order chi connectivity index (χ1) is 15.3. The van der Waals surface area contributed by atoms with Crippen molar-refractivity contribution >= 4 is 15.9 Å². The second-order valence-electron chi connectivity index (χ2n) is 8.09. The number of amides is 1. The molecule has 1 fully saturated rings. The van der Waals surface area contributed by atoms with E-state index in [1.165, 1.54) is 28.6 Å². The third-order valence-electron chi connectivity index (χ3n) is 5.77. The third-order valence-corrected chi connectivity index (χ3v) is 7.68. The number of hydrogen-bond donors (Lipinski definition) is 1. The molecule has 8 heteroatoms. The van der Waals surface area contributed by atoms with Gasteiger partial charge in [0.25, 0.3) is 0 Å². The van der Waals surface area contributed by atoms with E-state index in [0.29, 0.717) is 12.4 Å². The molecule has 0 heterocycles. The van der Waals surface area contributed by atoms with Crippen LogP contribution in [-0.4, -0.2) is 37.8 Å². The number of ether oxygens (including phenoxy) is 1. The Morgan fingerprint density at radius 2 is 1.72 bits per heavy atom. The van der Waals surface area contributed by atoms with Gasteiger partial charge in [-0.3, -0.25) is 4.79 Å². The summed E-state index contributed by atoms with van der Waals surface area (Å²) in [5.41, 5.74) is 0.748. The van der Waals surface area contributed by atoms with E-state index >= 15 is 0 Å². The number of sulfonamides is 1. The van der Waals surface area contributed by atoms with E-state index in [4.69, 9.17) is 4.74 Å². The molecule has 174 valence electrons. The van der Waals surface area contributed by atoms with Crippen molar-refractivity contribution in [2.24, 2.45) is 0 Å². The molecule has 0 unspecified atom stereocenters. The lowest BCUT2D eigenvalue weighted by Gasteiger charge is -2.33. The summed E-state index contributed by atoms with van der Waals surface area (Å²) in [4.78, 5) is 13.0. The number of carbonyl (C=O) groups is 1. The van der Waals surface area contributed by atoms with Crippen LogP contribution in [0, 0.1) is 5.82 Å². The lowest BCUT2D eigenvalue weighted by atomic mass is 9.95. The maximum atomic E-state index is 13.5. The maximum absolute atomic E-state index is 13.5. The van der Waals surface area contributed by atoms with Crippen LogP contribution in [0.2, 0.25) is 0 Å². The first kappa shape index (κ1) is 24.2. The van der Waals surface area contributed by atoms with Crippen LogP contribution in [0.25, 0.3) is 0 Å². The molecule has 2 aromatic carbocycles. The number of hydrogen-bond acceptors (Lipinski definition) is 4. The average molecular weight is 463 g/mol. The molecular formula is C24H31FN2O4S. The fourth-order valence-electron chi connectivity index (χ4n) is 4.05. The Morgan fingerprint density at radius 3 is 2.31 bits per heavy atom. The van der Waals surface area contributed by atoms with Gasteiger partial charge in [-0.25, -0.2) is 12.8 Å².